The molecule has 3 rings (SSSR count). The molecule has 224 valence electrons. The maximum Gasteiger partial charge on any atom is 0.242 e. The van der Waals surface area contributed by atoms with Crippen LogP contribution in [-0.2, 0) is 32.6 Å². The van der Waals surface area contributed by atoms with Crippen molar-refractivity contribution in [2.45, 2.75) is 82.8 Å². The van der Waals surface area contributed by atoms with Gasteiger partial charge < -0.3 is 32.1 Å². The third kappa shape index (κ3) is 10.4. The van der Waals surface area contributed by atoms with Gasteiger partial charge in [-0.2, -0.15) is 0 Å². The summed E-state index contributed by atoms with van der Waals surface area (Å²) in [7, 11) is 0. The average molecular weight is 570 g/mol. The fraction of sp³-hybridized carbons (Fsp3) is 0.516. The van der Waals surface area contributed by atoms with E-state index in [0.717, 1.165) is 16.7 Å². The highest BCUT2D eigenvalue weighted by Gasteiger charge is 2.27. The van der Waals surface area contributed by atoms with E-state index in [9.17, 15) is 23.9 Å². The second-order valence-corrected chi connectivity index (χ2v) is 11.8. The Morgan fingerprint density at radius 3 is 2.41 bits per heavy atom. The van der Waals surface area contributed by atoms with Gasteiger partial charge in [0, 0.05) is 38.5 Å². The number of rotatable bonds is 7. The number of benzene rings is 2. The highest BCUT2D eigenvalue weighted by molar-refractivity contribution is 5.90. The molecule has 3 atom stereocenters. The first kappa shape index (κ1) is 32.0. The van der Waals surface area contributed by atoms with Crippen LogP contribution in [0.1, 0.15) is 63.1 Å². The number of amides is 3. The molecule has 7 N–H and O–H groups in total. The number of phenols is 1. The summed E-state index contributed by atoms with van der Waals surface area (Å²) in [5.74, 6) is -0.977. The number of hydrogen-bond acceptors (Lipinski definition) is 6. The number of carbonyl (C=O) groups is 3. The maximum atomic E-state index is 13.5. The number of carbonyl (C=O) groups excluding carboxylic acids is 3. The predicted molar refractivity (Wildman–Crippen MR) is 157 cm³/mol. The monoisotopic (exact) mass is 569 g/mol. The lowest BCUT2D eigenvalue weighted by molar-refractivity contribution is -0.130. The normalized spacial score (nSPS) is 20.4. The van der Waals surface area contributed by atoms with Gasteiger partial charge in [-0.15, -0.1) is 0 Å². The first-order chi connectivity index (χ1) is 19.4. The Balaban J connectivity index is 1.76. The van der Waals surface area contributed by atoms with Crippen LogP contribution >= 0.6 is 0 Å². The van der Waals surface area contributed by atoms with Crippen LogP contribution in [0.25, 0.3) is 0 Å². The summed E-state index contributed by atoms with van der Waals surface area (Å²) in [6.45, 7) is 6.96. The molecule has 0 aliphatic carbocycles. The fourth-order valence-electron chi connectivity index (χ4n) is 4.86. The minimum absolute atomic E-state index is 0.141. The molecule has 41 heavy (non-hydrogen) atoms. The van der Waals surface area contributed by atoms with E-state index in [1.807, 2.05) is 26.8 Å². The molecule has 1 fully saturated rings. The van der Waals surface area contributed by atoms with Gasteiger partial charge in [-0.25, -0.2) is 4.39 Å². The van der Waals surface area contributed by atoms with Crippen molar-refractivity contribution >= 4 is 17.7 Å². The van der Waals surface area contributed by atoms with E-state index in [1.165, 1.54) is 12.1 Å². The molecule has 10 heteroatoms. The summed E-state index contributed by atoms with van der Waals surface area (Å²) in [6, 6.07) is 9.57. The van der Waals surface area contributed by atoms with Gasteiger partial charge in [0.15, 0.2) is 0 Å². The maximum absolute atomic E-state index is 13.5. The average Bonchev–Trinajstić information content (AvgIpc) is 2.90. The lowest BCUT2D eigenvalue weighted by Gasteiger charge is -2.26. The first-order valence-corrected chi connectivity index (χ1v) is 14.3. The van der Waals surface area contributed by atoms with E-state index in [4.69, 9.17) is 5.73 Å². The summed E-state index contributed by atoms with van der Waals surface area (Å²) in [6.07, 6.45) is 2.75. The molecule has 2 aromatic rings. The van der Waals surface area contributed by atoms with E-state index in [-0.39, 0.29) is 60.1 Å². The highest BCUT2D eigenvalue weighted by Crippen LogP contribution is 2.31. The molecule has 1 aliphatic rings. The summed E-state index contributed by atoms with van der Waals surface area (Å²) in [5, 5.41) is 22.2. The zero-order valence-corrected chi connectivity index (χ0v) is 24.3. The Bertz CT molecular complexity index is 1180. The third-order valence-corrected chi connectivity index (χ3v) is 7.19. The Kier molecular flexibility index (Phi) is 11.7. The largest absolute Gasteiger partial charge is 0.508 e. The zero-order valence-electron chi connectivity index (χ0n) is 24.3. The van der Waals surface area contributed by atoms with E-state index < -0.39 is 12.1 Å². The molecule has 9 nitrogen and oxygen atoms in total. The van der Waals surface area contributed by atoms with Crippen LogP contribution < -0.4 is 27.0 Å². The van der Waals surface area contributed by atoms with Crippen LogP contribution in [0.3, 0.4) is 0 Å². The summed E-state index contributed by atoms with van der Waals surface area (Å²) in [4.78, 5) is 38.9. The van der Waals surface area contributed by atoms with Crippen molar-refractivity contribution in [3.8, 4) is 5.75 Å². The Morgan fingerprint density at radius 1 is 1.00 bits per heavy atom. The highest BCUT2D eigenvalue weighted by atomic mass is 19.1. The van der Waals surface area contributed by atoms with Crippen molar-refractivity contribution in [3.05, 3.63) is 65.0 Å². The lowest BCUT2D eigenvalue weighted by atomic mass is 9.84. The molecule has 1 aliphatic heterocycles. The smallest absolute Gasteiger partial charge is 0.242 e. The predicted octanol–water partition coefficient (Wildman–Crippen LogP) is 2.19. The minimum Gasteiger partial charge on any atom is -0.508 e. The van der Waals surface area contributed by atoms with Gasteiger partial charge in [0.2, 0.25) is 17.7 Å². The van der Waals surface area contributed by atoms with Crippen LogP contribution in [0.5, 0.6) is 5.75 Å². The van der Waals surface area contributed by atoms with Crippen LogP contribution in [-0.4, -0.2) is 60.6 Å². The van der Waals surface area contributed by atoms with Crippen LogP contribution in [0.2, 0.25) is 0 Å². The molecule has 1 unspecified atom stereocenters. The summed E-state index contributed by atoms with van der Waals surface area (Å²) >= 11 is 0. The van der Waals surface area contributed by atoms with Crippen molar-refractivity contribution in [2.24, 2.45) is 5.73 Å². The number of nitrogens with two attached hydrogens (primary N) is 1. The van der Waals surface area contributed by atoms with Crippen molar-refractivity contribution in [1.29, 1.82) is 0 Å². The van der Waals surface area contributed by atoms with Crippen molar-refractivity contribution < 1.29 is 23.9 Å². The van der Waals surface area contributed by atoms with Gasteiger partial charge in [-0.05, 0) is 66.0 Å². The molecule has 3 amide bonds. The number of halogens is 1. The molecular formula is C31H44FN5O4. The Morgan fingerprint density at radius 2 is 1.71 bits per heavy atom. The van der Waals surface area contributed by atoms with Gasteiger partial charge in [0.25, 0.3) is 0 Å². The van der Waals surface area contributed by atoms with Crippen LogP contribution in [0.4, 0.5) is 4.39 Å². The molecule has 1 saturated heterocycles. The summed E-state index contributed by atoms with van der Waals surface area (Å²) < 4.78 is 13.3. The van der Waals surface area contributed by atoms with Gasteiger partial charge in [-0.1, -0.05) is 45.0 Å². The van der Waals surface area contributed by atoms with E-state index >= 15 is 0 Å². The fourth-order valence-corrected chi connectivity index (χ4v) is 4.86. The standard InChI is InChI=1S/C31H44FN5O4/c1-31(2,3)24-17-21(9-12-27(24)38)18-26-29(40)35-15-13-28(39)34-14-5-4-6-25(30(41)37-26)36-19-23(33)16-20-7-10-22(32)11-8-20/h7-12,17,23,25-26,36,38H,4-6,13-16,18-19,33H2,1-3H3,(H,34,39)(H,35,40)(H,37,41)/t23-,25?,26+/m1/s1. The number of aromatic hydroxyl groups is 1. The van der Waals surface area contributed by atoms with Gasteiger partial charge in [-0.3, -0.25) is 14.4 Å². The van der Waals surface area contributed by atoms with Crippen molar-refractivity contribution in [3.63, 3.8) is 0 Å². The van der Waals surface area contributed by atoms with Crippen molar-refractivity contribution in [2.75, 3.05) is 19.6 Å². The number of phenolic OH excluding ortho intramolecular Hbond substituents is 1. The number of nitrogens with one attached hydrogen (secondary N) is 4. The quantitative estimate of drug-likeness (QED) is 0.302. The molecule has 0 saturated carbocycles. The van der Waals surface area contributed by atoms with E-state index in [2.05, 4.69) is 21.3 Å². The molecule has 0 radical (unpaired) electrons. The Labute approximate surface area is 241 Å². The van der Waals surface area contributed by atoms with E-state index in [0.29, 0.717) is 38.8 Å². The molecule has 0 bridgehead atoms. The third-order valence-electron chi connectivity index (χ3n) is 7.19. The second kappa shape index (κ2) is 14.9. The molecule has 1 heterocycles. The second-order valence-electron chi connectivity index (χ2n) is 11.8. The zero-order chi connectivity index (χ0) is 30.0. The Hall–Kier alpha value is -3.50. The van der Waals surface area contributed by atoms with Crippen LogP contribution in [0, 0.1) is 5.82 Å². The van der Waals surface area contributed by atoms with Crippen LogP contribution in [0.15, 0.2) is 42.5 Å². The molecule has 0 spiro atoms. The van der Waals surface area contributed by atoms with Gasteiger partial charge >= 0.3 is 0 Å². The molecule has 2 aromatic carbocycles. The molecular weight excluding hydrogens is 525 g/mol. The SMILES string of the molecule is CC(C)(C)c1cc(C[C@@H]2NC(=O)C(NC[C@H](N)Cc3ccc(F)cc3)CCCCNC(=O)CCNC2=O)ccc1O. The van der Waals surface area contributed by atoms with Crippen molar-refractivity contribution in [1.82, 2.24) is 21.3 Å². The number of hydrogen-bond donors (Lipinski definition) is 6. The molecule has 0 aromatic heterocycles. The summed E-state index contributed by atoms with van der Waals surface area (Å²) in [5.41, 5.74) is 8.44. The van der Waals surface area contributed by atoms with E-state index in [1.54, 1.807) is 24.3 Å². The van der Waals surface area contributed by atoms with Gasteiger partial charge in [0.1, 0.15) is 17.6 Å². The minimum atomic E-state index is -0.886. The first-order valence-electron chi connectivity index (χ1n) is 14.3. The lowest BCUT2D eigenvalue weighted by Crippen LogP contribution is -2.55. The topological polar surface area (TPSA) is 146 Å². The van der Waals surface area contributed by atoms with Gasteiger partial charge in [0.05, 0.1) is 6.04 Å².